The van der Waals surface area contributed by atoms with E-state index in [1.807, 2.05) is 11.4 Å². The number of carbonyl (C=O) groups excluding carboxylic acids is 1. The Bertz CT molecular complexity index is 797. The lowest BCUT2D eigenvalue weighted by atomic mass is 10.2. The molecule has 0 unspecified atom stereocenters. The SMILES string of the molecule is CC(C)N(Cc1ccccc1)Cc1csc(NC(=O)c2ccco2)n1. The molecule has 6 heteroatoms. The van der Waals surface area contributed by atoms with Crippen molar-refractivity contribution < 1.29 is 9.21 Å². The fourth-order valence-corrected chi connectivity index (χ4v) is 3.15. The quantitative estimate of drug-likeness (QED) is 0.682. The molecule has 0 aliphatic rings. The first-order chi connectivity index (χ1) is 12.1. The highest BCUT2D eigenvalue weighted by Gasteiger charge is 2.15. The predicted octanol–water partition coefficient (Wildman–Crippen LogP) is 4.40. The molecule has 0 aliphatic carbocycles. The van der Waals surface area contributed by atoms with Crippen LogP contribution in [0.5, 0.6) is 0 Å². The van der Waals surface area contributed by atoms with Crippen molar-refractivity contribution in [1.82, 2.24) is 9.88 Å². The van der Waals surface area contributed by atoms with Crippen LogP contribution in [0.2, 0.25) is 0 Å². The molecule has 130 valence electrons. The van der Waals surface area contributed by atoms with Gasteiger partial charge in [-0.2, -0.15) is 0 Å². The Hall–Kier alpha value is -2.44. The lowest BCUT2D eigenvalue weighted by Gasteiger charge is -2.25. The van der Waals surface area contributed by atoms with Crippen molar-refractivity contribution in [1.29, 1.82) is 0 Å². The minimum Gasteiger partial charge on any atom is -0.459 e. The maximum atomic E-state index is 12.0. The number of nitrogens with zero attached hydrogens (tertiary/aromatic N) is 2. The van der Waals surface area contributed by atoms with Crippen LogP contribution in [0.15, 0.2) is 58.5 Å². The zero-order chi connectivity index (χ0) is 17.6. The summed E-state index contributed by atoms with van der Waals surface area (Å²) in [5.41, 5.74) is 2.22. The van der Waals surface area contributed by atoms with Crippen molar-refractivity contribution in [3.8, 4) is 0 Å². The third kappa shape index (κ3) is 4.78. The van der Waals surface area contributed by atoms with E-state index in [0.29, 0.717) is 11.2 Å². The third-order valence-electron chi connectivity index (χ3n) is 3.84. The van der Waals surface area contributed by atoms with Crippen molar-refractivity contribution in [2.24, 2.45) is 0 Å². The number of nitrogens with one attached hydrogen (secondary N) is 1. The Morgan fingerprint density at radius 1 is 1.20 bits per heavy atom. The van der Waals surface area contributed by atoms with Gasteiger partial charge in [-0.05, 0) is 31.5 Å². The molecule has 1 aromatic carbocycles. The van der Waals surface area contributed by atoms with Gasteiger partial charge in [-0.25, -0.2) is 4.98 Å². The van der Waals surface area contributed by atoms with Crippen molar-refractivity contribution in [2.75, 3.05) is 5.32 Å². The van der Waals surface area contributed by atoms with E-state index < -0.39 is 0 Å². The van der Waals surface area contributed by atoms with Gasteiger partial charge >= 0.3 is 0 Å². The molecular weight excluding hydrogens is 334 g/mol. The van der Waals surface area contributed by atoms with Crippen LogP contribution in [0, 0.1) is 0 Å². The summed E-state index contributed by atoms with van der Waals surface area (Å²) < 4.78 is 5.09. The van der Waals surface area contributed by atoms with E-state index in [1.54, 1.807) is 12.1 Å². The number of furan rings is 1. The number of rotatable bonds is 7. The Labute approximate surface area is 151 Å². The molecule has 0 saturated carbocycles. The van der Waals surface area contributed by atoms with Gasteiger partial charge in [-0.1, -0.05) is 30.3 Å². The van der Waals surface area contributed by atoms with Gasteiger partial charge in [0, 0.05) is 24.5 Å². The minimum atomic E-state index is -0.282. The second-order valence-electron chi connectivity index (χ2n) is 6.06. The van der Waals surface area contributed by atoms with Gasteiger partial charge < -0.3 is 4.42 Å². The molecule has 2 heterocycles. The summed E-state index contributed by atoms with van der Waals surface area (Å²) in [4.78, 5) is 18.9. The number of benzene rings is 1. The monoisotopic (exact) mass is 355 g/mol. The van der Waals surface area contributed by atoms with Crippen LogP contribution in [0.1, 0.15) is 35.7 Å². The van der Waals surface area contributed by atoms with Crippen molar-refractivity contribution in [3.05, 3.63) is 71.1 Å². The van der Waals surface area contributed by atoms with Crippen LogP contribution in [-0.4, -0.2) is 21.8 Å². The fourth-order valence-electron chi connectivity index (χ4n) is 2.45. The van der Waals surface area contributed by atoms with E-state index in [9.17, 15) is 4.79 Å². The summed E-state index contributed by atoms with van der Waals surface area (Å²) in [6, 6.07) is 14.1. The first-order valence-corrected chi connectivity index (χ1v) is 9.07. The van der Waals surface area contributed by atoms with Crippen LogP contribution in [0.4, 0.5) is 5.13 Å². The standard InChI is InChI=1S/C19H21N3O2S/c1-14(2)22(11-15-7-4-3-5-8-15)12-16-13-25-19(20-16)21-18(23)17-9-6-10-24-17/h3-10,13-14H,11-12H2,1-2H3,(H,20,21,23). The molecule has 0 aliphatic heterocycles. The Morgan fingerprint density at radius 3 is 2.68 bits per heavy atom. The van der Waals surface area contributed by atoms with E-state index in [4.69, 9.17) is 4.42 Å². The van der Waals surface area contributed by atoms with Crippen molar-refractivity contribution in [2.45, 2.75) is 33.0 Å². The molecule has 5 nitrogen and oxygen atoms in total. The summed E-state index contributed by atoms with van der Waals surface area (Å²) in [6.07, 6.45) is 1.48. The number of amides is 1. The molecule has 3 aromatic rings. The number of anilines is 1. The minimum absolute atomic E-state index is 0.282. The van der Waals surface area contributed by atoms with Crippen LogP contribution >= 0.6 is 11.3 Å². The summed E-state index contributed by atoms with van der Waals surface area (Å²) >= 11 is 1.42. The zero-order valence-electron chi connectivity index (χ0n) is 14.3. The van der Waals surface area contributed by atoms with E-state index in [1.165, 1.54) is 23.2 Å². The van der Waals surface area contributed by atoms with Gasteiger partial charge in [0.2, 0.25) is 0 Å². The van der Waals surface area contributed by atoms with E-state index in [2.05, 4.69) is 53.3 Å². The highest BCUT2D eigenvalue weighted by atomic mass is 32.1. The number of thiazole rings is 1. The topological polar surface area (TPSA) is 58.4 Å². The van der Waals surface area contributed by atoms with E-state index in [-0.39, 0.29) is 11.7 Å². The molecule has 3 rings (SSSR count). The fraction of sp³-hybridized carbons (Fsp3) is 0.263. The van der Waals surface area contributed by atoms with Gasteiger partial charge in [0.1, 0.15) is 0 Å². The Kier molecular flexibility index (Phi) is 5.63. The number of hydrogen-bond acceptors (Lipinski definition) is 5. The largest absolute Gasteiger partial charge is 0.459 e. The van der Waals surface area contributed by atoms with Gasteiger partial charge in [0.05, 0.1) is 12.0 Å². The molecule has 2 aromatic heterocycles. The molecule has 0 spiro atoms. The number of hydrogen-bond donors (Lipinski definition) is 1. The Morgan fingerprint density at radius 2 is 2.00 bits per heavy atom. The lowest BCUT2D eigenvalue weighted by molar-refractivity contribution is 0.0996. The number of carbonyl (C=O) groups is 1. The molecule has 0 saturated heterocycles. The van der Waals surface area contributed by atoms with Gasteiger partial charge in [0.25, 0.3) is 5.91 Å². The highest BCUT2D eigenvalue weighted by Crippen LogP contribution is 2.20. The average molecular weight is 355 g/mol. The maximum absolute atomic E-state index is 12.0. The summed E-state index contributed by atoms with van der Waals surface area (Å²) in [6.45, 7) is 5.95. The van der Waals surface area contributed by atoms with Crippen LogP contribution < -0.4 is 5.32 Å². The molecule has 0 fully saturated rings. The van der Waals surface area contributed by atoms with Crippen molar-refractivity contribution in [3.63, 3.8) is 0 Å². The smallest absolute Gasteiger partial charge is 0.293 e. The molecule has 0 atom stereocenters. The summed E-state index contributed by atoms with van der Waals surface area (Å²) in [5, 5.41) is 5.34. The van der Waals surface area contributed by atoms with Crippen LogP contribution in [-0.2, 0) is 13.1 Å². The van der Waals surface area contributed by atoms with Gasteiger partial charge in [0.15, 0.2) is 10.9 Å². The van der Waals surface area contributed by atoms with Crippen molar-refractivity contribution >= 4 is 22.4 Å². The molecule has 0 radical (unpaired) electrons. The third-order valence-corrected chi connectivity index (χ3v) is 4.65. The predicted molar refractivity (Wildman–Crippen MR) is 99.6 cm³/mol. The summed E-state index contributed by atoms with van der Waals surface area (Å²) in [7, 11) is 0. The lowest BCUT2D eigenvalue weighted by Crippen LogP contribution is -2.30. The highest BCUT2D eigenvalue weighted by molar-refractivity contribution is 7.13. The second kappa shape index (κ2) is 8.09. The number of aromatic nitrogens is 1. The van der Waals surface area contributed by atoms with Gasteiger partial charge in [-0.3, -0.25) is 15.0 Å². The molecule has 1 N–H and O–H groups in total. The molecule has 0 bridgehead atoms. The zero-order valence-corrected chi connectivity index (χ0v) is 15.1. The van der Waals surface area contributed by atoms with Gasteiger partial charge in [-0.15, -0.1) is 11.3 Å². The van der Waals surface area contributed by atoms with Crippen LogP contribution in [0.3, 0.4) is 0 Å². The van der Waals surface area contributed by atoms with Crippen LogP contribution in [0.25, 0.3) is 0 Å². The Balaban J connectivity index is 1.63. The second-order valence-corrected chi connectivity index (χ2v) is 6.92. The maximum Gasteiger partial charge on any atom is 0.293 e. The molecule has 1 amide bonds. The molecule has 25 heavy (non-hydrogen) atoms. The first-order valence-electron chi connectivity index (χ1n) is 8.19. The first kappa shape index (κ1) is 17.4. The van der Waals surface area contributed by atoms with E-state index in [0.717, 1.165) is 18.8 Å². The van der Waals surface area contributed by atoms with E-state index >= 15 is 0 Å². The average Bonchev–Trinajstić information content (AvgIpc) is 3.27. The normalized spacial score (nSPS) is 11.2. The summed E-state index contributed by atoms with van der Waals surface area (Å²) in [5.74, 6) is 0.000496. The molecular formula is C19H21N3O2S.